The molecule has 7 heteroatoms. The predicted molar refractivity (Wildman–Crippen MR) is 89.3 cm³/mol. The second kappa shape index (κ2) is 7.87. The van der Waals surface area contributed by atoms with Crippen LogP contribution in [0.15, 0.2) is 54.6 Å². The molecule has 0 spiro atoms. The van der Waals surface area contributed by atoms with Crippen molar-refractivity contribution in [3.05, 3.63) is 70.3 Å². The lowest BCUT2D eigenvalue weighted by molar-refractivity contribution is -0.384. The molecule has 1 unspecified atom stereocenters. The van der Waals surface area contributed by atoms with E-state index in [1.54, 1.807) is 43.3 Å². The minimum Gasteiger partial charge on any atom is -0.341 e. The first-order valence-corrected chi connectivity index (χ1v) is 7.41. The molecular formula is C17H17N3O4. The van der Waals surface area contributed by atoms with E-state index in [1.807, 2.05) is 0 Å². The van der Waals surface area contributed by atoms with E-state index >= 15 is 0 Å². The summed E-state index contributed by atoms with van der Waals surface area (Å²) in [4.78, 5) is 34.5. The third kappa shape index (κ3) is 4.39. The molecule has 2 amide bonds. The SMILES string of the molecule is CCC(=O)NC(C(=O)Nc1cccc([N+](=O)[O-])c1)c1ccccc1. The minimum absolute atomic E-state index is 0.123. The Labute approximate surface area is 138 Å². The summed E-state index contributed by atoms with van der Waals surface area (Å²) in [6, 6.07) is 13.6. The molecule has 0 aliphatic rings. The van der Waals surface area contributed by atoms with E-state index in [-0.39, 0.29) is 18.0 Å². The smallest absolute Gasteiger partial charge is 0.271 e. The Kier molecular flexibility index (Phi) is 5.62. The zero-order chi connectivity index (χ0) is 17.5. The van der Waals surface area contributed by atoms with E-state index in [2.05, 4.69) is 10.6 Å². The molecule has 0 fully saturated rings. The number of nitro groups is 1. The first-order chi connectivity index (χ1) is 11.5. The van der Waals surface area contributed by atoms with Crippen LogP contribution >= 0.6 is 0 Å². The molecule has 0 aromatic heterocycles. The first-order valence-electron chi connectivity index (χ1n) is 7.41. The van der Waals surface area contributed by atoms with Crippen molar-refractivity contribution in [2.45, 2.75) is 19.4 Å². The van der Waals surface area contributed by atoms with Crippen molar-refractivity contribution >= 4 is 23.2 Å². The van der Waals surface area contributed by atoms with E-state index in [0.29, 0.717) is 11.3 Å². The van der Waals surface area contributed by atoms with Crippen LogP contribution in [0.4, 0.5) is 11.4 Å². The molecule has 0 aliphatic carbocycles. The van der Waals surface area contributed by atoms with Crippen LogP contribution < -0.4 is 10.6 Å². The zero-order valence-corrected chi connectivity index (χ0v) is 13.1. The molecule has 2 aromatic rings. The highest BCUT2D eigenvalue weighted by atomic mass is 16.6. The summed E-state index contributed by atoms with van der Waals surface area (Å²) in [7, 11) is 0. The third-order valence-electron chi connectivity index (χ3n) is 3.35. The number of anilines is 1. The lowest BCUT2D eigenvalue weighted by atomic mass is 10.1. The fourth-order valence-electron chi connectivity index (χ4n) is 2.12. The molecule has 24 heavy (non-hydrogen) atoms. The number of benzene rings is 2. The summed E-state index contributed by atoms with van der Waals surface area (Å²) in [5, 5.41) is 16.1. The molecule has 0 aliphatic heterocycles. The summed E-state index contributed by atoms with van der Waals surface area (Å²) in [5.41, 5.74) is 0.796. The number of rotatable bonds is 6. The van der Waals surface area contributed by atoms with Gasteiger partial charge in [-0.25, -0.2) is 0 Å². The Morgan fingerprint density at radius 2 is 1.83 bits per heavy atom. The van der Waals surface area contributed by atoms with Crippen LogP contribution in [-0.4, -0.2) is 16.7 Å². The highest BCUT2D eigenvalue weighted by Crippen LogP contribution is 2.20. The van der Waals surface area contributed by atoms with E-state index in [1.165, 1.54) is 18.2 Å². The van der Waals surface area contributed by atoms with Crippen molar-refractivity contribution in [3.63, 3.8) is 0 Å². The Morgan fingerprint density at radius 3 is 2.46 bits per heavy atom. The fourth-order valence-corrected chi connectivity index (χ4v) is 2.12. The second-order valence-electron chi connectivity index (χ2n) is 5.06. The van der Waals surface area contributed by atoms with Gasteiger partial charge in [-0.1, -0.05) is 43.3 Å². The molecule has 0 saturated heterocycles. The van der Waals surface area contributed by atoms with E-state index in [4.69, 9.17) is 0 Å². The monoisotopic (exact) mass is 327 g/mol. The molecule has 124 valence electrons. The van der Waals surface area contributed by atoms with E-state index < -0.39 is 16.9 Å². The van der Waals surface area contributed by atoms with Gasteiger partial charge in [-0.3, -0.25) is 19.7 Å². The van der Waals surface area contributed by atoms with Gasteiger partial charge in [0.15, 0.2) is 0 Å². The van der Waals surface area contributed by atoms with Crippen LogP contribution in [0.1, 0.15) is 24.9 Å². The van der Waals surface area contributed by atoms with Crippen molar-refractivity contribution < 1.29 is 14.5 Å². The van der Waals surface area contributed by atoms with Crippen LogP contribution in [0.5, 0.6) is 0 Å². The Morgan fingerprint density at radius 1 is 1.12 bits per heavy atom. The largest absolute Gasteiger partial charge is 0.341 e. The predicted octanol–water partition coefficient (Wildman–Crippen LogP) is 2.80. The van der Waals surface area contributed by atoms with Crippen LogP contribution in [0, 0.1) is 10.1 Å². The van der Waals surface area contributed by atoms with Crippen molar-refractivity contribution in [2.24, 2.45) is 0 Å². The number of hydrogen-bond donors (Lipinski definition) is 2. The van der Waals surface area contributed by atoms with Gasteiger partial charge in [-0.05, 0) is 11.6 Å². The summed E-state index contributed by atoms with van der Waals surface area (Å²) in [6.45, 7) is 1.69. The van der Waals surface area contributed by atoms with Crippen LogP contribution in [0.2, 0.25) is 0 Å². The molecule has 7 nitrogen and oxygen atoms in total. The number of non-ortho nitro benzene ring substituents is 1. The summed E-state index contributed by atoms with van der Waals surface area (Å²) in [6.07, 6.45) is 0.243. The standard InChI is InChI=1S/C17H17N3O4/c1-2-15(21)19-16(12-7-4-3-5-8-12)17(22)18-13-9-6-10-14(11-13)20(23)24/h3-11,16H,2H2,1H3,(H,18,22)(H,19,21). The number of carbonyl (C=O) groups excluding carboxylic acids is 2. The van der Waals surface area contributed by atoms with Crippen molar-refractivity contribution in [2.75, 3.05) is 5.32 Å². The molecule has 0 bridgehead atoms. The molecule has 0 saturated carbocycles. The van der Waals surface area contributed by atoms with Gasteiger partial charge < -0.3 is 10.6 Å². The number of hydrogen-bond acceptors (Lipinski definition) is 4. The van der Waals surface area contributed by atoms with Gasteiger partial charge in [-0.2, -0.15) is 0 Å². The van der Waals surface area contributed by atoms with Gasteiger partial charge in [0, 0.05) is 24.2 Å². The van der Waals surface area contributed by atoms with Gasteiger partial charge in [-0.15, -0.1) is 0 Å². The fraction of sp³-hybridized carbons (Fsp3) is 0.176. The lowest BCUT2D eigenvalue weighted by Crippen LogP contribution is -2.36. The molecule has 0 radical (unpaired) electrons. The van der Waals surface area contributed by atoms with Crippen molar-refractivity contribution in [3.8, 4) is 0 Å². The van der Waals surface area contributed by atoms with Crippen LogP contribution in [-0.2, 0) is 9.59 Å². The normalized spacial score (nSPS) is 11.4. The number of nitrogens with one attached hydrogen (secondary N) is 2. The third-order valence-corrected chi connectivity index (χ3v) is 3.35. The quantitative estimate of drug-likeness (QED) is 0.629. The molecule has 2 rings (SSSR count). The van der Waals surface area contributed by atoms with Gasteiger partial charge in [0.25, 0.3) is 11.6 Å². The highest BCUT2D eigenvalue weighted by molar-refractivity contribution is 5.98. The van der Waals surface area contributed by atoms with Crippen LogP contribution in [0.25, 0.3) is 0 Å². The molecule has 1 atom stereocenters. The summed E-state index contributed by atoms with van der Waals surface area (Å²) < 4.78 is 0. The van der Waals surface area contributed by atoms with Crippen LogP contribution in [0.3, 0.4) is 0 Å². The number of carbonyl (C=O) groups is 2. The van der Waals surface area contributed by atoms with Gasteiger partial charge >= 0.3 is 0 Å². The maximum absolute atomic E-state index is 12.5. The van der Waals surface area contributed by atoms with Crippen molar-refractivity contribution in [1.29, 1.82) is 0 Å². The second-order valence-corrected chi connectivity index (χ2v) is 5.06. The molecule has 0 heterocycles. The summed E-state index contributed by atoms with van der Waals surface area (Å²) >= 11 is 0. The molecular weight excluding hydrogens is 310 g/mol. The van der Waals surface area contributed by atoms with E-state index in [0.717, 1.165) is 0 Å². The number of amides is 2. The van der Waals surface area contributed by atoms with Gasteiger partial charge in [0.05, 0.1) is 4.92 Å². The highest BCUT2D eigenvalue weighted by Gasteiger charge is 2.22. The van der Waals surface area contributed by atoms with Gasteiger partial charge in [0.1, 0.15) is 6.04 Å². The average Bonchev–Trinajstić information content (AvgIpc) is 2.60. The Hall–Kier alpha value is -3.22. The number of nitrogens with zero attached hydrogens (tertiary/aromatic N) is 1. The molecule has 2 aromatic carbocycles. The Bertz CT molecular complexity index is 747. The van der Waals surface area contributed by atoms with Crippen molar-refractivity contribution in [1.82, 2.24) is 5.32 Å². The first kappa shape index (κ1) is 17.1. The lowest BCUT2D eigenvalue weighted by Gasteiger charge is -2.18. The topological polar surface area (TPSA) is 101 Å². The zero-order valence-electron chi connectivity index (χ0n) is 13.1. The average molecular weight is 327 g/mol. The maximum atomic E-state index is 12.5. The summed E-state index contributed by atoms with van der Waals surface area (Å²) in [5.74, 6) is -0.735. The number of nitro benzene ring substituents is 1. The molecule has 2 N–H and O–H groups in total. The minimum atomic E-state index is -0.877. The Balaban J connectivity index is 2.23. The maximum Gasteiger partial charge on any atom is 0.271 e. The van der Waals surface area contributed by atoms with E-state index in [9.17, 15) is 19.7 Å². The van der Waals surface area contributed by atoms with Gasteiger partial charge in [0.2, 0.25) is 5.91 Å².